The van der Waals surface area contributed by atoms with Gasteiger partial charge < -0.3 is 9.15 Å². The van der Waals surface area contributed by atoms with Crippen LogP contribution in [0.15, 0.2) is 74.9 Å². The van der Waals surface area contributed by atoms with Gasteiger partial charge >= 0.3 is 5.97 Å². The summed E-state index contributed by atoms with van der Waals surface area (Å²) in [4.78, 5) is 24.3. The zero-order valence-electron chi connectivity index (χ0n) is 15.1. The molecule has 0 aliphatic carbocycles. The lowest BCUT2D eigenvalue weighted by Crippen LogP contribution is -2.18. The number of nitrogens with zero attached hydrogens (tertiary/aromatic N) is 1. The highest BCUT2D eigenvalue weighted by Crippen LogP contribution is 2.23. The van der Waals surface area contributed by atoms with Gasteiger partial charge in [0.15, 0.2) is 0 Å². The van der Waals surface area contributed by atoms with Gasteiger partial charge in [-0.1, -0.05) is 39.1 Å². The second kappa shape index (κ2) is 10.2. The van der Waals surface area contributed by atoms with E-state index in [0.717, 1.165) is 4.47 Å². The lowest BCUT2D eigenvalue weighted by Gasteiger charge is -2.06. The van der Waals surface area contributed by atoms with Crippen LogP contribution in [-0.4, -0.2) is 18.1 Å². The number of furan rings is 1. The van der Waals surface area contributed by atoms with Crippen LogP contribution in [0, 0.1) is 0 Å². The lowest BCUT2D eigenvalue weighted by molar-refractivity contribution is -0.128. The number of ether oxygens (including phenoxy) is 1. The minimum absolute atomic E-state index is 0.204. The van der Waals surface area contributed by atoms with E-state index in [-0.39, 0.29) is 16.3 Å². The van der Waals surface area contributed by atoms with Crippen molar-refractivity contribution in [3.63, 3.8) is 0 Å². The van der Waals surface area contributed by atoms with Crippen LogP contribution in [0.1, 0.15) is 21.7 Å². The number of carbonyl (C=O) groups excluding carboxylic acids is 2. The van der Waals surface area contributed by atoms with Crippen LogP contribution in [0.5, 0.6) is 5.75 Å². The molecule has 0 unspecified atom stereocenters. The van der Waals surface area contributed by atoms with Crippen molar-refractivity contribution in [2.45, 2.75) is 0 Å². The molecule has 0 spiro atoms. The smallest absolute Gasteiger partial charge is 0.336 e. The Labute approximate surface area is 190 Å². The molecule has 30 heavy (non-hydrogen) atoms. The molecule has 9 heteroatoms. The number of hydrazone groups is 1. The fourth-order valence-electron chi connectivity index (χ4n) is 2.29. The highest BCUT2D eigenvalue weighted by molar-refractivity contribution is 9.10. The average Bonchev–Trinajstić information content (AvgIpc) is 3.22. The van der Waals surface area contributed by atoms with E-state index in [4.69, 9.17) is 32.4 Å². The van der Waals surface area contributed by atoms with Gasteiger partial charge in [-0.25, -0.2) is 10.2 Å². The molecule has 2 aromatic carbocycles. The number of carbonyl (C=O) groups is 2. The Hall–Kier alpha value is -2.87. The first-order valence-electron chi connectivity index (χ1n) is 8.44. The van der Waals surface area contributed by atoms with E-state index in [1.54, 1.807) is 36.4 Å². The molecule has 1 amide bonds. The van der Waals surface area contributed by atoms with Gasteiger partial charge in [0, 0.05) is 21.1 Å². The fourth-order valence-corrected chi connectivity index (χ4v) is 3.16. The molecule has 0 radical (unpaired) electrons. The van der Waals surface area contributed by atoms with Gasteiger partial charge in [0.25, 0.3) is 5.91 Å². The summed E-state index contributed by atoms with van der Waals surface area (Å²) in [5.74, 6) is -0.328. The summed E-state index contributed by atoms with van der Waals surface area (Å²) in [5.41, 5.74) is 3.06. The number of rotatable bonds is 6. The van der Waals surface area contributed by atoms with E-state index in [9.17, 15) is 9.59 Å². The third-order valence-corrected chi connectivity index (χ3v) is 4.70. The first kappa shape index (κ1) is 21.8. The summed E-state index contributed by atoms with van der Waals surface area (Å²) in [6, 6.07) is 12.9. The fraction of sp³-hybridized carbons (Fsp3) is 0. The first-order chi connectivity index (χ1) is 14.4. The number of amides is 1. The largest absolute Gasteiger partial charge is 0.465 e. The third-order valence-electron chi connectivity index (χ3n) is 3.65. The van der Waals surface area contributed by atoms with Gasteiger partial charge in [0.05, 0.1) is 23.1 Å². The van der Waals surface area contributed by atoms with E-state index < -0.39 is 11.9 Å². The molecule has 0 atom stereocenters. The molecule has 1 N–H and O–H groups in total. The average molecular weight is 508 g/mol. The Morgan fingerprint density at radius 2 is 1.97 bits per heavy atom. The molecule has 0 saturated heterocycles. The van der Waals surface area contributed by atoms with Gasteiger partial charge in [0.1, 0.15) is 11.5 Å². The van der Waals surface area contributed by atoms with Crippen LogP contribution in [0.4, 0.5) is 0 Å². The monoisotopic (exact) mass is 506 g/mol. The number of esters is 1. The maximum Gasteiger partial charge on any atom is 0.336 e. The summed E-state index contributed by atoms with van der Waals surface area (Å²) < 4.78 is 11.2. The molecular weight excluding hydrogens is 495 g/mol. The molecule has 1 aromatic heterocycles. The summed E-state index contributed by atoms with van der Waals surface area (Å²) in [7, 11) is 0. The van der Waals surface area contributed by atoms with Crippen LogP contribution in [-0.2, 0) is 4.79 Å². The number of nitrogens with one attached hydrogen (secondary N) is 1. The van der Waals surface area contributed by atoms with Crippen LogP contribution < -0.4 is 10.2 Å². The van der Waals surface area contributed by atoms with Crippen LogP contribution in [0.2, 0.25) is 10.0 Å². The molecular formula is C21H13BrCl2N2O4. The van der Waals surface area contributed by atoms with E-state index in [0.29, 0.717) is 16.3 Å². The van der Waals surface area contributed by atoms with Gasteiger partial charge in [-0.3, -0.25) is 4.79 Å². The summed E-state index contributed by atoms with van der Waals surface area (Å²) in [6.07, 6.45) is 5.59. The highest BCUT2D eigenvalue weighted by atomic mass is 79.9. The van der Waals surface area contributed by atoms with Crippen molar-refractivity contribution in [3.8, 4) is 5.75 Å². The van der Waals surface area contributed by atoms with Crippen LogP contribution in [0.25, 0.3) is 6.08 Å². The van der Waals surface area contributed by atoms with Crippen molar-refractivity contribution in [2.24, 2.45) is 5.10 Å². The predicted molar refractivity (Wildman–Crippen MR) is 119 cm³/mol. The molecule has 0 saturated carbocycles. The Bertz CT molecular complexity index is 1130. The molecule has 3 aromatic rings. The minimum Gasteiger partial charge on any atom is -0.465 e. The van der Waals surface area contributed by atoms with Gasteiger partial charge in [-0.15, -0.1) is 0 Å². The zero-order valence-corrected chi connectivity index (χ0v) is 18.2. The zero-order chi connectivity index (χ0) is 21.5. The van der Waals surface area contributed by atoms with Crippen LogP contribution in [0.3, 0.4) is 0 Å². The number of hydrogen-bond acceptors (Lipinski definition) is 5. The van der Waals surface area contributed by atoms with Gasteiger partial charge in [0.2, 0.25) is 0 Å². The Balaban J connectivity index is 1.70. The molecule has 0 fully saturated rings. The summed E-state index contributed by atoms with van der Waals surface area (Å²) in [6.45, 7) is 0. The minimum atomic E-state index is -0.597. The number of benzene rings is 2. The highest BCUT2D eigenvalue weighted by Gasteiger charge is 2.11. The Morgan fingerprint density at radius 3 is 2.70 bits per heavy atom. The second-order valence-electron chi connectivity index (χ2n) is 5.78. The first-order valence-corrected chi connectivity index (χ1v) is 9.98. The molecule has 1 heterocycles. The summed E-state index contributed by atoms with van der Waals surface area (Å²) >= 11 is 15.2. The summed E-state index contributed by atoms with van der Waals surface area (Å²) in [5, 5.41) is 4.54. The molecule has 0 aliphatic rings. The Kier molecular flexibility index (Phi) is 7.46. The lowest BCUT2D eigenvalue weighted by atomic mass is 10.2. The number of hydrogen-bond donors (Lipinski definition) is 1. The van der Waals surface area contributed by atoms with E-state index in [2.05, 4.69) is 26.5 Å². The molecule has 0 bridgehead atoms. The van der Waals surface area contributed by atoms with Crippen molar-refractivity contribution in [1.29, 1.82) is 0 Å². The second-order valence-corrected chi connectivity index (χ2v) is 7.53. The van der Waals surface area contributed by atoms with Crippen molar-refractivity contribution in [2.75, 3.05) is 0 Å². The molecule has 0 aliphatic heterocycles. The topological polar surface area (TPSA) is 80.9 Å². The SMILES string of the molecule is O=C(C=Cc1ccco1)Oc1ccc(Br)cc1C=NNC(=O)c1ccc(Cl)cc1Cl. The van der Waals surface area contributed by atoms with Crippen molar-refractivity contribution >= 4 is 63.3 Å². The quantitative estimate of drug-likeness (QED) is 0.152. The van der Waals surface area contributed by atoms with E-state index in [1.807, 2.05) is 0 Å². The van der Waals surface area contributed by atoms with Crippen LogP contribution >= 0.6 is 39.1 Å². The third kappa shape index (κ3) is 6.06. The van der Waals surface area contributed by atoms with Crippen molar-refractivity contribution in [3.05, 3.63) is 92.3 Å². The van der Waals surface area contributed by atoms with E-state index >= 15 is 0 Å². The normalized spacial score (nSPS) is 11.2. The molecule has 6 nitrogen and oxygen atoms in total. The van der Waals surface area contributed by atoms with Gasteiger partial charge in [-0.2, -0.15) is 5.10 Å². The predicted octanol–water partition coefficient (Wildman–Crippen LogP) is 5.73. The maximum absolute atomic E-state index is 12.2. The molecule has 152 valence electrons. The molecule has 3 rings (SSSR count). The van der Waals surface area contributed by atoms with E-state index in [1.165, 1.54) is 36.8 Å². The number of halogens is 3. The van der Waals surface area contributed by atoms with Gasteiger partial charge in [-0.05, 0) is 54.6 Å². The standard InChI is InChI=1S/C21H13BrCl2N2O4/c22-14-3-7-19(30-20(27)8-5-16-2-1-9-29-16)13(10-14)12-25-26-21(28)17-6-4-15(23)11-18(17)24/h1-12H,(H,26,28). The Morgan fingerprint density at radius 1 is 1.13 bits per heavy atom. The maximum atomic E-state index is 12.2. The van der Waals surface area contributed by atoms with Crippen molar-refractivity contribution < 1.29 is 18.7 Å². The van der Waals surface area contributed by atoms with Crippen molar-refractivity contribution in [1.82, 2.24) is 5.43 Å².